The summed E-state index contributed by atoms with van der Waals surface area (Å²) in [5.41, 5.74) is 2.00. The first-order chi connectivity index (χ1) is 13.1. The fraction of sp³-hybridized carbons (Fsp3) is 0.333. The Morgan fingerprint density at radius 3 is 2.56 bits per heavy atom. The molecule has 0 bridgehead atoms. The zero-order chi connectivity index (χ0) is 18.8. The molecule has 1 aromatic carbocycles. The van der Waals surface area contributed by atoms with Crippen molar-refractivity contribution in [2.75, 3.05) is 20.1 Å². The van der Waals surface area contributed by atoms with Crippen molar-refractivity contribution in [3.63, 3.8) is 0 Å². The minimum atomic E-state index is -0.101. The van der Waals surface area contributed by atoms with Gasteiger partial charge in [-0.25, -0.2) is 4.68 Å². The third-order valence-electron chi connectivity index (χ3n) is 5.01. The van der Waals surface area contributed by atoms with Crippen LogP contribution in [0.2, 0.25) is 0 Å². The van der Waals surface area contributed by atoms with Gasteiger partial charge in [0.2, 0.25) is 0 Å². The maximum Gasteiger partial charge on any atom is 0.255 e. The van der Waals surface area contributed by atoms with E-state index in [2.05, 4.69) is 22.4 Å². The number of benzene rings is 1. The molecule has 6 heteroatoms. The van der Waals surface area contributed by atoms with E-state index in [0.717, 1.165) is 37.4 Å². The van der Waals surface area contributed by atoms with Crippen LogP contribution in [0.4, 0.5) is 0 Å². The molecule has 1 aliphatic rings. The number of carbonyl (C=O) groups is 1. The van der Waals surface area contributed by atoms with Crippen molar-refractivity contribution in [2.45, 2.75) is 25.8 Å². The second kappa shape index (κ2) is 7.40. The van der Waals surface area contributed by atoms with E-state index in [9.17, 15) is 4.79 Å². The van der Waals surface area contributed by atoms with Crippen LogP contribution in [0, 0.1) is 6.92 Å². The molecule has 6 nitrogen and oxygen atoms in total. The van der Waals surface area contributed by atoms with Gasteiger partial charge in [0.05, 0.1) is 11.3 Å². The second-order valence-corrected chi connectivity index (χ2v) is 7.13. The number of piperidine rings is 1. The Morgan fingerprint density at radius 2 is 1.89 bits per heavy atom. The van der Waals surface area contributed by atoms with Crippen LogP contribution < -0.4 is 5.32 Å². The number of nitrogens with zero attached hydrogens (tertiary/aromatic N) is 3. The SMILES string of the molecule is Cc1ccc(-c2nn(-c3ccccc3)cc2C(=O)NC2CCN(C)CC2)o1. The van der Waals surface area contributed by atoms with Crippen LogP contribution >= 0.6 is 0 Å². The Balaban J connectivity index is 1.65. The van der Waals surface area contributed by atoms with E-state index < -0.39 is 0 Å². The van der Waals surface area contributed by atoms with Gasteiger partial charge in [0.1, 0.15) is 11.5 Å². The van der Waals surface area contributed by atoms with Crippen molar-refractivity contribution in [1.29, 1.82) is 0 Å². The number of hydrogen-bond donors (Lipinski definition) is 1. The lowest BCUT2D eigenvalue weighted by molar-refractivity contribution is 0.0917. The van der Waals surface area contributed by atoms with E-state index in [1.807, 2.05) is 49.4 Å². The number of likely N-dealkylation sites (tertiary alicyclic amines) is 1. The van der Waals surface area contributed by atoms with Gasteiger partial charge in [-0.05, 0) is 64.2 Å². The molecule has 1 fully saturated rings. The monoisotopic (exact) mass is 364 g/mol. The zero-order valence-corrected chi connectivity index (χ0v) is 15.7. The zero-order valence-electron chi connectivity index (χ0n) is 15.7. The third kappa shape index (κ3) is 3.80. The largest absolute Gasteiger partial charge is 0.460 e. The molecule has 27 heavy (non-hydrogen) atoms. The Kier molecular flexibility index (Phi) is 4.81. The van der Waals surface area contributed by atoms with E-state index in [1.165, 1.54) is 0 Å². The van der Waals surface area contributed by atoms with E-state index in [1.54, 1.807) is 10.9 Å². The second-order valence-electron chi connectivity index (χ2n) is 7.13. The molecular weight excluding hydrogens is 340 g/mol. The lowest BCUT2D eigenvalue weighted by Crippen LogP contribution is -2.43. The van der Waals surface area contributed by atoms with Crippen molar-refractivity contribution in [2.24, 2.45) is 0 Å². The molecule has 2 aromatic heterocycles. The van der Waals surface area contributed by atoms with Crippen LogP contribution in [-0.4, -0.2) is 46.8 Å². The van der Waals surface area contributed by atoms with Gasteiger partial charge in [-0.2, -0.15) is 5.10 Å². The molecule has 0 radical (unpaired) electrons. The van der Waals surface area contributed by atoms with Crippen LogP contribution in [0.15, 0.2) is 53.1 Å². The topological polar surface area (TPSA) is 63.3 Å². The molecule has 3 aromatic rings. The molecule has 1 N–H and O–H groups in total. The number of amides is 1. The summed E-state index contributed by atoms with van der Waals surface area (Å²) in [6.45, 7) is 3.88. The minimum absolute atomic E-state index is 0.101. The number of nitrogens with one attached hydrogen (secondary N) is 1. The molecule has 1 amide bonds. The molecule has 1 aliphatic heterocycles. The van der Waals surface area contributed by atoms with Crippen LogP contribution in [0.1, 0.15) is 29.0 Å². The molecule has 4 rings (SSSR count). The van der Waals surface area contributed by atoms with Crippen molar-refractivity contribution < 1.29 is 9.21 Å². The first-order valence-electron chi connectivity index (χ1n) is 9.31. The number of carbonyl (C=O) groups excluding carboxylic acids is 1. The Bertz CT molecular complexity index is 921. The fourth-order valence-corrected chi connectivity index (χ4v) is 3.41. The average molecular weight is 364 g/mol. The van der Waals surface area contributed by atoms with Gasteiger partial charge >= 0.3 is 0 Å². The maximum absolute atomic E-state index is 13.0. The average Bonchev–Trinajstić information content (AvgIpc) is 3.31. The van der Waals surface area contributed by atoms with Gasteiger partial charge in [0, 0.05) is 12.2 Å². The number of hydrogen-bond acceptors (Lipinski definition) is 4. The van der Waals surface area contributed by atoms with Crippen molar-refractivity contribution in [1.82, 2.24) is 20.0 Å². The Labute approximate surface area is 158 Å². The molecule has 3 heterocycles. The molecule has 0 saturated carbocycles. The summed E-state index contributed by atoms with van der Waals surface area (Å²) in [6.07, 6.45) is 3.71. The first-order valence-corrected chi connectivity index (χ1v) is 9.31. The molecular formula is C21H24N4O2. The van der Waals surface area contributed by atoms with Gasteiger partial charge in [0.25, 0.3) is 5.91 Å². The highest BCUT2D eigenvalue weighted by Gasteiger charge is 2.24. The molecule has 0 spiro atoms. The number of furan rings is 1. The molecule has 140 valence electrons. The van der Waals surface area contributed by atoms with Gasteiger partial charge in [-0.3, -0.25) is 4.79 Å². The smallest absolute Gasteiger partial charge is 0.255 e. The Morgan fingerprint density at radius 1 is 1.15 bits per heavy atom. The normalized spacial score (nSPS) is 15.8. The van der Waals surface area contributed by atoms with Crippen molar-refractivity contribution >= 4 is 5.91 Å². The van der Waals surface area contributed by atoms with Gasteiger partial charge < -0.3 is 14.6 Å². The summed E-state index contributed by atoms with van der Waals surface area (Å²) in [4.78, 5) is 15.3. The van der Waals surface area contributed by atoms with Crippen LogP contribution in [0.5, 0.6) is 0 Å². The van der Waals surface area contributed by atoms with Crippen molar-refractivity contribution in [3.8, 4) is 17.1 Å². The molecule has 0 aliphatic carbocycles. The summed E-state index contributed by atoms with van der Waals surface area (Å²) in [5.74, 6) is 1.30. The summed E-state index contributed by atoms with van der Waals surface area (Å²) < 4.78 is 7.48. The lowest BCUT2D eigenvalue weighted by atomic mass is 10.0. The quantitative estimate of drug-likeness (QED) is 0.772. The predicted octanol–water partition coefficient (Wildman–Crippen LogP) is 3.26. The minimum Gasteiger partial charge on any atom is -0.460 e. The standard InChI is InChI=1S/C21H24N4O2/c1-15-8-9-19(27-15)20-18(14-25(23-20)17-6-4-3-5-7-17)21(26)22-16-10-12-24(2)13-11-16/h3-9,14,16H,10-13H2,1-2H3,(H,22,26). The molecule has 0 atom stereocenters. The van der Waals surface area contributed by atoms with E-state index in [0.29, 0.717) is 17.0 Å². The van der Waals surface area contributed by atoms with E-state index in [-0.39, 0.29) is 11.9 Å². The van der Waals surface area contributed by atoms with Gasteiger partial charge in [-0.15, -0.1) is 0 Å². The highest BCUT2D eigenvalue weighted by Crippen LogP contribution is 2.26. The highest BCUT2D eigenvalue weighted by atomic mass is 16.3. The summed E-state index contributed by atoms with van der Waals surface area (Å²) >= 11 is 0. The summed E-state index contributed by atoms with van der Waals surface area (Å²) in [6, 6.07) is 13.7. The molecule has 0 unspecified atom stereocenters. The van der Waals surface area contributed by atoms with Crippen LogP contribution in [0.25, 0.3) is 17.1 Å². The van der Waals surface area contributed by atoms with E-state index in [4.69, 9.17) is 4.42 Å². The number of rotatable bonds is 4. The molecule has 1 saturated heterocycles. The number of para-hydroxylation sites is 1. The van der Waals surface area contributed by atoms with Gasteiger partial charge in [0.15, 0.2) is 5.76 Å². The maximum atomic E-state index is 13.0. The van der Waals surface area contributed by atoms with Crippen LogP contribution in [0.3, 0.4) is 0 Å². The summed E-state index contributed by atoms with van der Waals surface area (Å²) in [5, 5.41) is 7.82. The lowest BCUT2D eigenvalue weighted by Gasteiger charge is -2.29. The van der Waals surface area contributed by atoms with E-state index >= 15 is 0 Å². The Hall–Kier alpha value is -2.86. The number of aromatic nitrogens is 2. The first kappa shape index (κ1) is 17.5. The predicted molar refractivity (Wildman–Crippen MR) is 104 cm³/mol. The summed E-state index contributed by atoms with van der Waals surface area (Å²) in [7, 11) is 2.11. The fourth-order valence-electron chi connectivity index (χ4n) is 3.41. The highest BCUT2D eigenvalue weighted by molar-refractivity contribution is 5.99. The van der Waals surface area contributed by atoms with Gasteiger partial charge in [-0.1, -0.05) is 18.2 Å². The third-order valence-corrected chi connectivity index (χ3v) is 5.01. The van der Waals surface area contributed by atoms with Crippen molar-refractivity contribution in [3.05, 3.63) is 60.0 Å². The number of aryl methyl sites for hydroxylation is 1. The van der Waals surface area contributed by atoms with Crippen LogP contribution in [-0.2, 0) is 0 Å².